The molecule has 1 aliphatic carbocycles. The number of nitrogens with one attached hydrogen (secondary N) is 1. The van der Waals surface area contributed by atoms with Crippen molar-refractivity contribution in [1.29, 1.82) is 0 Å². The molecule has 6 heteroatoms. The van der Waals surface area contributed by atoms with Crippen molar-refractivity contribution in [3.05, 3.63) is 41.2 Å². The molecule has 0 bridgehead atoms. The lowest BCUT2D eigenvalue weighted by atomic mass is 10.1. The SMILES string of the molecule is Cc1cc(N2CCOCC2)ccc1NC(=O)c1cc(C2CC2)nn1C(C)(C)C. The van der Waals surface area contributed by atoms with Crippen LogP contribution in [-0.4, -0.2) is 42.0 Å². The number of benzene rings is 1. The maximum absolute atomic E-state index is 13.1. The van der Waals surface area contributed by atoms with Crippen molar-refractivity contribution in [1.82, 2.24) is 9.78 Å². The van der Waals surface area contributed by atoms with Gasteiger partial charge in [-0.3, -0.25) is 9.48 Å². The van der Waals surface area contributed by atoms with Gasteiger partial charge < -0.3 is 15.0 Å². The van der Waals surface area contributed by atoms with Gasteiger partial charge in [-0.1, -0.05) is 0 Å². The molecule has 1 aliphatic heterocycles. The lowest BCUT2D eigenvalue weighted by Gasteiger charge is -2.29. The number of anilines is 2. The summed E-state index contributed by atoms with van der Waals surface area (Å²) in [6.07, 6.45) is 2.34. The van der Waals surface area contributed by atoms with Gasteiger partial charge >= 0.3 is 0 Å². The second kappa shape index (κ2) is 7.24. The fourth-order valence-electron chi connectivity index (χ4n) is 3.64. The van der Waals surface area contributed by atoms with Gasteiger partial charge in [-0.2, -0.15) is 5.10 Å². The zero-order valence-electron chi connectivity index (χ0n) is 17.3. The number of carbonyl (C=O) groups excluding carboxylic acids is 1. The lowest BCUT2D eigenvalue weighted by molar-refractivity contribution is 0.100. The van der Waals surface area contributed by atoms with Crippen LogP contribution in [0.3, 0.4) is 0 Å². The van der Waals surface area contributed by atoms with Crippen LogP contribution in [0.25, 0.3) is 0 Å². The first-order valence-electron chi connectivity index (χ1n) is 10.2. The number of aryl methyl sites for hydroxylation is 1. The maximum Gasteiger partial charge on any atom is 0.273 e. The Morgan fingerprint density at radius 3 is 2.50 bits per heavy atom. The summed E-state index contributed by atoms with van der Waals surface area (Å²) < 4.78 is 7.30. The van der Waals surface area contributed by atoms with Gasteiger partial charge in [-0.05, 0) is 70.4 Å². The first kappa shape index (κ1) is 19.0. The van der Waals surface area contributed by atoms with E-state index in [0.717, 1.165) is 43.2 Å². The third-order valence-corrected chi connectivity index (χ3v) is 5.43. The van der Waals surface area contributed by atoms with Crippen LogP contribution in [0, 0.1) is 6.92 Å². The van der Waals surface area contributed by atoms with E-state index in [0.29, 0.717) is 11.6 Å². The number of carbonyl (C=O) groups is 1. The molecule has 1 saturated heterocycles. The van der Waals surface area contributed by atoms with Gasteiger partial charge in [0.1, 0.15) is 5.69 Å². The van der Waals surface area contributed by atoms with E-state index in [-0.39, 0.29) is 11.4 Å². The minimum absolute atomic E-state index is 0.100. The Morgan fingerprint density at radius 1 is 1.18 bits per heavy atom. The van der Waals surface area contributed by atoms with Crippen LogP contribution in [0.5, 0.6) is 0 Å². The smallest absolute Gasteiger partial charge is 0.273 e. The van der Waals surface area contributed by atoms with Crippen molar-refractivity contribution in [3.63, 3.8) is 0 Å². The molecule has 150 valence electrons. The van der Waals surface area contributed by atoms with Gasteiger partial charge in [0.25, 0.3) is 5.91 Å². The first-order valence-corrected chi connectivity index (χ1v) is 10.2. The van der Waals surface area contributed by atoms with E-state index < -0.39 is 0 Å². The highest BCUT2D eigenvalue weighted by atomic mass is 16.5. The minimum atomic E-state index is -0.241. The zero-order valence-corrected chi connectivity index (χ0v) is 17.3. The van der Waals surface area contributed by atoms with Crippen LogP contribution in [-0.2, 0) is 10.3 Å². The van der Waals surface area contributed by atoms with Crippen LogP contribution >= 0.6 is 0 Å². The highest BCUT2D eigenvalue weighted by Gasteiger charge is 2.31. The van der Waals surface area contributed by atoms with Crippen molar-refractivity contribution >= 4 is 17.3 Å². The number of hydrogen-bond acceptors (Lipinski definition) is 4. The van der Waals surface area contributed by atoms with Crippen LogP contribution in [0.2, 0.25) is 0 Å². The molecule has 1 amide bonds. The molecule has 1 N–H and O–H groups in total. The van der Waals surface area contributed by atoms with Crippen LogP contribution in [0.1, 0.15) is 61.3 Å². The van der Waals surface area contributed by atoms with Crippen molar-refractivity contribution in [2.75, 3.05) is 36.5 Å². The summed E-state index contributed by atoms with van der Waals surface area (Å²) in [5, 5.41) is 7.84. The third kappa shape index (κ3) is 3.92. The molecule has 2 aliphatic rings. The second-order valence-electron chi connectivity index (χ2n) is 8.86. The molecule has 0 spiro atoms. The predicted molar refractivity (Wildman–Crippen MR) is 111 cm³/mol. The zero-order chi connectivity index (χ0) is 19.9. The quantitative estimate of drug-likeness (QED) is 0.871. The standard InChI is InChI=1S/C22H30N4O2/c1-15-13-17(25-9-11-28-12-10-25)7-8-18(15)23-21(27)20-14-19(16-5-6-16)24-26(20)22(2,3)4/h7-8,13-14,16H,5-6,9-12H2,1-4H3,(H,23,27). The predicted octanol–water partition coefficient (Wildman–Crippen LogP) is 3.91. The molecule has 1 saturated carbocycles. The van der Waals surface area contributed by atoms with Gasteiger partial charge in [0.15, 0.2) is 0 Å². The Labute approximate surface area is 166 Å². The maximum atomic E-state index is 13.1. The molecule has 1 aromatic carbocycles. The lowest BCUT2D eigenvalue weighted by Crippen LogP contribution is -2.36. The Morgan fingerprint density at radius 2 is 1.89 bits per heavy atom. The molecule has 1 aromatic heterocycles. The molecular weight excluding hydrogens is 352 g/mol. The molecule has 6 nitrogen and oxygen atoms in total. The Bertz CT molecular complexity index is 871. The highest BCUT2D eigenvalue weighted by molar-refractivity contribution is 6.03. The summed E-state index contributed by atoms with van der Waals surface area (Å²) >= 11 is 0. The molecule has 0 radical (unpaired) electrons. The average molecular weight is 383 g/mol. The number of amides is 1. The summed E-state index contributed by atoms with van der Waals surface area (Å²) in [5.41, 5.74) is 4.51. The Balaban J connectivity index is 1.55. The van der Waals surface area contributed by atoms with Gasteiger partial charge in [0, 0.05) is 30.4 Å². The summed E-state index contributed by atoms with van der Waals surface area (Å²) in [4.78, 5) is 15.4. The fourth-order valence-corrected chi connectivity index (χ4v) is 3.64. The van der Waals surface area contributed by atoms with E-state index in [1.54, 1.807) is 0 Å². The highest BCUT2D eigenvalue weighted by Crippen LogP contribution is 2.40. The molecule has 2 fully saturated rings. The number of rotatable bonds is 4. The van der Waals surface area contributed by atoms with E-state index in [4.69, 9.17) is 9.84 Å². The number of morpholine rings is 1. The van der Waals surface area contributed by atoms with Gasteiger partial charge in [-0.25, -0.2) is 0 Å². The molecule has 0 unspecified atom stereocenters. The monoisotopic (exact) mass is 382 g/mol. The Kier molecular flexibility index (Phi) is 4.91. The van der Waals surface area contributed by atoms with E-state index in [1.807, 2.05) is 23.7 Å². The number of ether oxygens (including phenoxy) is 1. The number of hydrogen-bond donors (Lipinski definition) is 1. The summed E-state index contributed by atoms with van der Waals surface area (Å²) in [5.74, 6) is 0.418. The van der Waals surface area contributed by atoms with E-state index in [2.05, 4.69) is 43.1 Å². The van der Waals surface area contributed by atoms with Crippen LogP contribution in [0.15, 0.2) is 24.3 Å². The van der Waals surface area contributed by atoms with Crippen LogP contribution in [0.4, 0.5) is 11.4 Å². The van der Waals surface area contributed by atoms with E-state index in [1.165, 1.54) is 18.5 Å². The molecule has 2 heterocycles. The number of nitrogens with zero attached hydrogens (tertiary/aromatic N) is 3. The average Bonchev–Trinajstić information content (AvgIpc) is 3.41. The Hall–Kier alpha value is -2.34. The van der Waals surface area contributed by atoms with Crippen molar-refractivity contribution in [3.8, 4) is 0 Å². The van der Waals surface area contributed by atoms with Crippen molar-refractivity contribution in [2.45, 2.75) is 52.0 Å². The van der Waals surface area contributed by atoms with Gasteiger partial charge in [0.2, 0.25) is 0 Å². The van der Waals surface area contributed by atoms with Gasteiger partial charge in [0.05, 0.1) is 24.4 Å². The van der Waals surface area contributed by atoms with E-state index in [9.17, 15) is 4.79 Å². The molecule has 0 atom stereocenters. The number of aromatic nitrogens is 2. The topological polar surface area (TPSA) is 59.4 Å². The second-order valence-corrected chi connectivity index (χ2v) is 8.86. The fraction of sp³-hybridized carbons (Fsp3) is 0.545. The molecular formula is C22H30N4O2. The largest absolute Gasteiger partial charge is 0.378 e. The third-order valence-electron chi connectivity index (χ3n) is 5.43. The van der Waals surface area contributed by atoms with E-state index >= 15 is 0 Å². The van der Waals surface area contributed by atoms with Crippen LogP contribution < -0.4 is 10.2 Å². The minimum Gasteiger partial charge on any atom is -0.378 e. The summed E-state index contributed by atoms with van der Waals surface area (Å²) in [7, 11) is 0. The normalized spacial score (nSPS) is 17.6. The molecule has 28 heavy (non-hydrogen) atoms. The van der Waals surface area contributed by atoms with Crippen molar-refractivity contribution < 1.29 is 9.53 Å². The summed E-state index contributed by atoms with van der Waals surface area (Å²) in [6.45, 7) is 11.6. The van der Waals surface area contributed by atoms with Crippen molar-refractivity contribution in [2.24, 2.45) is 0 Å². The molecule has 2 aromatic rings. The molecule has 4 rings (SSSR count). The summed E-state index contributed by atoms with van der Waals surface area (Å²) in [6, 6.07) is 8.18. The van der Waals surface area contributed by atoms with Gasteiger partial charge in [-0.15, -0.1) is 0 Å². The first-order chi connectivity index (χ1) is 13.3.